The molecule has 47 heavy (non-hydrogen) atoms. The van der Waals surface area contributed by atoms with E-state index in [-0.39, 0.29) is 41.8 Å². The highest BCUT2D eigenvalue weighted by Gasteiger charge is 2.77. The Hall–Kier alpha value is -4.11. The second-order valence-electron chi connectivity index (χ2n) is 11.7. The van der Waals surface area contributed by atoms with Gasteiger partial charge in [0.1, 0.15) is 5.69 Å². The summed E-state index contributed by atoms with van der Waals surface area (Å²) in [6, 6.07) is 2.70. The number of phenols is 1. The van der Waals surface area contributed by atoms with Crippen LogP contribution in [-0.4, -0.2) is 61.0 Å². The minimum atomic E-state index is -2.84. The Morgan fingerprint density at radius 1 is 0.894 bits per heavy atom. The van der Waals surface area contributed by atoms with Crippen molar-refractivity contribution in [3.8, 4) is 5.75 Å². The second-order valence-corrected chi connectivity index (χ2v) is 13.0. The molecule has 4 aliphatic rings. The maximum atomic E-state index is 15.0. The first-order valence-corrected chi connectivity index (χ1v) is 14.8. The van der Waals surface area contributed by atoms with Crippen LogP contribution in [0, 0.1) is 52.7 Å². The monoisotopic (exact) mass is 704 g/mol. The van der Waals surface area contributed by atoms with Gasteiger partial charge >= 0.3 is 5.97 Å². The van der Waals surface area contributed by atoms with Gasteiger partial charge in [-0.2, -0.15) is 0 Å². The summed E-state index contributed by atoms with van der Waals surface area (Å²) in [6.45, 7) is -0.261. The topological polar surface area (TPSA) is 132 Å². The number of allylic oxidation sites excluding steroid dienone is 2. The van der Waals surface area contributed by atoms with Gasteiger partial charge in [-0.15, -0.1) is 23.2 Å². The van der Waals surface area contributed by atoms with Gasteiger partial charge in [-0.1, -0.05) is 17.7 Å². The highest BCUT2D eigenvalue weighted by molar-refractivity contribution is 6.58. The number of carbonyl (C=O) groups is 5. The maximum absolute atomic E-state index is 15.0. The Bertz CT molecular complexity index is 1830. The normalized spacial score (nSPS) is 30.0. The molecule has 0 bridgehead atoms. The van der Waals surface area contributed by atoms with Crippen molar-refractivity contribution in [2.24, 2.45) is 17.8 Å². The van der Waals surface area contributed by atoms with Crippen molar-refractivity contribution < 1.29 is 60.5 Å². The van der Waals surface area contributed by atoms with Gasteiger partial charge in [0.2, 0.25) is 17.6 Å². The summed E-state index contributed by atoms with van der Waals surface area (Å²) < 4.78 is 87.3. The third-order valence-electron chi connectivity index (χ3n) is 9.39. The molecule has 9 nitrogen and oxygen atoms in total. The number of rotatable bonds is 6. The number of alkyl halides is 2. The number of hydrogen-bond acceptors (Lipinski definition) is 6. The number of carboxylic acid groups (broad SMARTS) is 1. The van der Waals surface area contributed by atoms with Crippen molar-refractivity contribution in [1.29, 1.82) is 0 Å². The first-order valence-electron chi connectivity index (χ1n) is 14.0. The minimum absolute atomic E-state index is 0.0826. The van der Waals surface area contributed by atoms with Crippen LogP contribution < -0.4 is 4.90 Å². The van der Waals surface area contributed by atoms with Crippen LogP contribution in [0.3, 0.4) is 0 Å². The van der Waals surface area contributed by atoms with E-state index in [1.54, 1.807) is 0 Å². The van der Waals surface area contributed by atoms with Gasteiger partial charge in [0, 0.05) is 18.9 Å². The van der Waals surface area contributed by atoms with Gasteiger partial charge in [-0.3, -0.25) is 28.9 Å². The van der Waals surface area contributed by atoms with Gasteiger partial charge in [0.15, 0.2) is 44.6 Å². The molecule has 0 unspecified atom stereocenters. The highest BCUT2D eigenvalue weighted by atomic mass is 35.5. The second kappa shape index (κ2) is 11.0. The molecule has 2 N–H and O–H groups in total. The molecule has 2 saturated heterocycles. The third-order valence-corrected chi connectivity index (χ3v) is 10.8. The molecular formula is C30H20Cl2F6N2O7. The van der Waals surface area contributed by atoms with Crippen LogP contribution in [0.2, 0.25) is 0 Å². The fraction of sp³-hybridized carbons (Fsp3) is 0.367. The lowest BCUT2D eigenvalue weighted by Crippen LogP contribution is -2.60. The molecule has 6 atom stereocenters. The van der Waals surface area contributed by atoms with Gasteiger partial charge in [0.25, 0.3) is 11.8 Å². The number of carbonyl (C=O) groups excluding carboxylic acids is 4. The molecule has 6 rings (SSSR count). The predicted octanol–water partition coefficient (Wildman–Crippen LogP) is 4.66. The Morgan fingerprint density at radius 2 is 1.51 bits per heavy atom. The van der Waals surface area contributed by atoms with E-state index in [0.717, 1.165) is 23.1 Å². The number of benzene rings is 2. The molecule has 0 radical (unpaired) electrons. The van der Waals surface area contributed by atoms with E-state index in [9.17, 15) is 46.6 Å². The number of halogens is 8. The summed E-state index contributed by atoms with van der Waals surface area (Å²) in [5.74, 6) is -25.9. The number of fused-ring (bicyclic) bond motifs is 4. The van der Waals surface area contributed by atoms with Crippen molar-refractivity contribution in [2.75, 3.05) is 11.4 Å². The van der Waals surface area contributed by atoms with Crippen molar-refractivity contribution in [2.45, 2.75) is 41.3 Å². The van der Waals surface area contributed by atoms with Crippen LogP contribution in [0.25, 0.3) is 0 Å². The maximum Gasteiger partial charge on any atom is 0.303 e. The summed E-state index contributed by atoms with van der Waals surface area (Å²) in [5, 5.41) is 18.8. The van der Waals surface area contributed by atoms with E-state index in [4.69, 9.17) is 28.3 Å². The lowest BCUT2D eigenvalue weighted by Gasteiger charge is -2.50. The Kier molecular flexibility index (Phi) is 7.66. The van der Waals surface area contributed by atoms with E-state index in [1.165, 1.54) is 6.08 Å². The number of hydrogen-bond donors (Lipinski definition) is 2. The zero-order valence-corrected chi connectivity index (χ0v) is 25.0. The fourth-order valence-electron chi connectivity index (χ4n) is 7.32. The van der Waals surface area contributed by atoms with E-state index in [2.05, 4.69) is 0 Å². The van der Waals surface area contributed by atoms with Crippen LogP contribution in [0.4, 0.5) is 32.0 Å². The number of anilines is 1. The van der Waals surface area contributed by atoms with E-state index in [1.807, 2.05) is 0 Å². The van der Waals surface area contributed by atoms with Gasteiger partial charge in [-0.25, -0.2) is 31.2 Å². The number of amides is 4. The number of carboxylic acids is 1. The molecule has 2 heterocycles. The minimum Gasteiger partial charge on any atom is -0.505 e. The fourth-order valence-corrected chi connectivity index (χ4v) is 8.25. The van der Waals surface area contributed by atoms with Crippen molar-refractivity contribution in [3.63, 3.8) is 0 Å². The summed E-state index contributed by atoms with van der Waals surface area (Å²) in [5.41, 5.74) is -2.07. The number of aliphatic carboxylic acids is 1. The zero-order chi connectivity index (χ0) is 34.5. The molecule has 17 heteroatoms. The van der Waals surface area contributed by atoms with Crippen LogP contribution in [0.1, 0.15) is 37.2 Å². The molecule has 248 valence electrons. The molecule has 4 amide bonds. The molecule has 1 saturated carbocycles. The summed E-state index contributed by atoms with van der Waals surface area (Å²) >= 11 is 13.9. The summed E-state index contributed by atoms with van der Waals surface area (Å²) in [4.78, 5) is 61.1. The molecule has 3 fully saturated rings. The first kappa shape index (κ1) is 32.8. The summed E-state index contributed by atoms with van der Waals surface area (Å²) in [6.07, 6.45) is 0.0880. The molecule has 0 spiro atoms. The Morgan fingerprint density at radius 3 is 2.11 bits per heavy atom. The molecule has 2 aliphatic heterocycles. The standard InChI is InChI=1S/C30H20Cl2F6N2O7/c31-29-9-13-11(4-5-12-17(13)26(45)39(25(12)44)7-1-2-16(42)43)18(10-3-6-15(41)14(33)8-10)30(29,32)28(47)40(27(29)46)24-22(37)20(35)19(34)21(36)23(24)38/h3-4,6,8,12-13,17-18,41H,1-2,5,7,9H2,(H,42,43)/t12-,13+,17-,18-,29+,30-/m0/s1. The lowest BCUT2D eigenvalue weighted by molar-refractivity contribution is -0.142. The number of aromatic hydroxyl groups is 1. The number of nitrogens with zero attached hydrogens (tertiary/aromatic N) is 2. The Labute approximate surface area is 270 Å². The van der Waals surface area contributed by atoms with Crippen LogP contribution in [0.5, 0.6) is 5.75 Å². The Balaban J connectivity index is 1.53. The van der Waals surface area contributed by atoms with Crippen LogP contribution >= 0.6 is 23.2 Å². The predicted molar refractivity (Wildman–Crippen MR) is 148 cm³/mol. The number of phenolic OH excluding ortho intramolecular Hbond substituents is 1. The van der Waals surface area contributed by atoms with Crippen molar-refractivity contribution in [1.82, 2.24) is 4.90 Å². The average Bonchev–Trinajstić information content (AvgIpc) is 3.34. The number of likely N-dealkylation sites (tertiary alicyclic amines) is 1. The van der Waals surface area contributed by atoms with Crippen LogP contribution in [0.15, 0.2) is 29.8 Å². The number of imide groups is 2. The largest absolute Gasteiger partial charge is 0.505 e. The molecule has 0 aromatic heterocycles. The van der Waals surface area contributed by atoms with E-state index < -0.39 is 116 Å². The quantitative estimate of drug-likeness (QED) is 0.112. The highest BCUT2D eigenvalue weighted by Crippen LogP contribution is 2.66. The molecule has 2 aliphatic carbocycles. The zero-order valence-electron chi connectivity index (χ0n) is 23.5. The molecular weight excluding hydrogens is 685 g/mol. The first-order chi connectivity index (χ1) is 22.0. The van der Waals surface area contributed by atoms with Gasteiger partial charge < -0.3 is 10.2 Å². The van der Waals surface area contributed by atoms with Crippen molar-refractivity contribution in [3.05, 3.63) is 70.3 Å². The van der Waals surface area contributed by atoms with Crippen LogP contribution in [-0.2, 0) is 24.0 Å². The molecule has 2 aromatic carbocycles. The lowest BCUT2D eigenvalue weighted by atomic mass is 9.56. The van der Waals surface area contributed by atoms with Crippen molar-refractivity contribution >= 4 is 58.5 Å². The third kappa shape index (κ3) is 4.34. The summed E-state index contributed by atoms with van der Waals surface area (Å²) in [7, 11) is 0. The smallest absolute Gasteiger partial charge is 0.303 e. The molecule has 2 aromatic rings. The van der Waals surface area contributed by atoms with Gasteiger partial charge in [0.05, 0.1) is 11.8 Å². The van der Waals surface area contributed by atoms with Gasteiger partial charge in [-0.05, 0) is 42.9 Å². The average molecular weight is 705 g/mol. The SMILES string of the molecule is O=C(O)CCCN1C(=O)[C@H]2[C@H](CC=C3[C@H]2C[C@@]2(Cl)C(=O)N(c4c(F)c(F)c(F)c(F)c4F)C(=O)[C@@]2(Cl)[C@H]3c2ccc(O)c(F)c2)C1=O. The van der Waals surface area contributed by atoms with E-state index >= 15 is 8.78 Å². The van der Waals surface area contributed by atoms with E-state index in [0.29, 0.717) is 0 Å².